The van der Waals surface area contributed by atoms with E-state index in [-0.39, 0.29) is 17.9 Å². The molecule has 5 heteroatoms. The summed E-state index contributed by atoms with van der Waals surface area (Å²) in [6.45, 7) is 5.57. The van der Waals surface area contributed by atoms with Crippen molar-refractivity contribution in [2.75, 3.05) is 19.7 Å². The number of ether oxygens (including phenoxy) is 1. The van der Waals surface area contributed by atoms with Crippen LogP contribution in [0.2, 0.25) is 0 Å². The second-order valence-electron chi connectivity index (χ2n) is 7.42. The van der Waals surface area contributed by atoms with E-state index in [1.807, 2.05) is 23.1 Å². The second kappa shape index (κ2) is 7.20. The number of rotatable bonds is 5. The molecule has 2 amide bonds. The van der Waals surface area contributed by atoms with Gasteiger partial charge in [-0.2, -0.15) is 0 Å². The molecule has 2 aromatic carbocycles. The van der Waals surface area contributed by atoms with E-state index in [0.717, 1.165) is 0 Å². The van der Waals surface area contributed by atoms with Crippen LogP contribution in [0.5, 0.6) is 5.75 Å². The largest absolute Gasteiger partial charge is 0.484 e. The number of benzene rings is 2. The maximum absolute atomic E-state index is 13.0. The fraction of sp³-hybridized carbons (Fsp3) is 0.333. The lowest BCUT2D eigenvalue weighted by Gasteiger charge is -2.25. The van der Waals surface area contributed by atoms with Crippen LogP contribution in [0.25, 0.3) is 0 Å². The first-order valence-corrected chi connectivity index (χ1v) is 8.72. The molecule has 0 saturated carbocycles. The minimum absolute atomic E-state index is 0.00288. The average molecular weight is 352 g/mol. The van der Waals surface area contributed by atoms with Crippen LogP contribution in [0, 0.1) is 5.41 Å². The van der Waals surface area contributed by atoms with Crippen LogP contribution in [0.1, 0.15) is 35.7 Å². The summed E-state index contributed by atoms with van der Waals surface area (Å²) in [5.74, 6) is 0.185. The zero-order valence-electron chi connectivity index (χ0n) is 15.1. The van der Waals surface area contributed by atoms with E-state index in [1.165, 1.54) is 5.56 Å². The Hall–Kier alpha value is -2.82. The summed E-state index contributed by atoms with van der Waals surface area (Å²) in [6, 6.07) is 17.2. The molecule has 1 aliphatic heterocycles. The summed E-state index contributed by atoms with van der Waals surface area (Å²) in [5.41, 5.74) is 6.90. The molecular weight excluding hydrogens is 328 g/mol. The molecule has 1 aliphatic rings. The maximum Gasteiger partial charge on any atom is 0.255 e. The van der Waals surface area contributed by atoms with Crippen LogP contribution in [0.4, 0.5) is 0 Å². The van der Waals surface area contributed by atoms with Crippen LogP contribution in [0.3, 0.4) is 0 Å². The van der Waals surface area contributed by atoms with Crippen LogP contribution in [0.15, 0.2) is 54.6 Å². The Morgan fingerprint density at radius 2 is 1.88 bits per heavy atom. The quantitative estimate of drug-likeness (QED) is 0.899. The fourth-order valence-electron chi connectivity index (χ4n) is 3.59. The second-order valence-corrected chi connectivity index (χ2v) is 7.42. The van der Waals surface area contributed by atoms with Crippen molar-refractivity contribution in [3.8, 4) is 5.75 Å². The molecule has 26 heavy (non-hydrogen) atoms. The van der Waals surface area contributed by atoms with E-state index >= 15 is 0 Å². The lowest BCUT2D eigenvalue weighted by molar-refractivity contribution is -0.119. The summed E-state index contributed by atoms with van der Waals surface area (Å²) in [6.07, 6.45) is 0. The number of amides is 2. The summed E-state index contributed by atoms with van der Waals surface area (Å²) >= 11 is 0. The van der Waals surface area contributed by atoms with Gasteiger partial charge in [-0.1, -0.05) is 50.2 Å². The molecule has 0 aromatic heterocycles. The highest BCUT2D eigenvalue weighted by Gasteiger charge is 2.42. The molecule has 2 N–H and O–H groups in total. The Morgan fingerprint density at radius 3 is 2.58 bits per heavy atom. The molecule has 1 saturated heterocycles. The van der Waals surface area contributed by atoms with Crippen molar-refractivity contribution in [2.45, 2.75) is 19.8 Å². The Balaban J connectivity index is 1.76. The summed E-state index contributed by atoms with van der Waals surface area (Å²) in [4.78, 5) is 25.7. The standard InChI is InChI=1S/C21H24N2O3/c1-21(2)14-23(12-18(21)15-7-4-3-5-8-15)20(25)16-9-6-10-17(11-16)26-13-19(22)24/h3-11,18H,12-14H2,1-2H3,(H2,22,24)/t18-/m0/s1. The van der Waals surface area contributed by atoms with Crippen LogP contribution >= 0.6 is 0 Å². The predicted octanol–water partition coefficient (Wildman–Crippen LogP) is 2.82. The Labute approximate surface area is 153 Å². The van der Waals surface area contributed by atoms with Crippen molar-refractivity contribution in [1.29, 1.82) is 0 Å². The van der Waals surface area contributed by atoms with E-state index in [1.54, 1.807) is 24.3 Å². The van der Waals surface area contributed by atoms with Crippen LogP contribution in [-0.4, -0.2) is 36.4 Å². The van der Waals surface area contributed by atoms with Crippen molar-refractivity contribution in [1.82, 2.24) is 4.90 Å². The molecule has 0 bridgehead atoms. The molecule has 0 aliphatic carbocycles. The zero-order chi connectivity index (χ0) is 18.7. The number of hydrogen-bond acceptors (Lipinski definition) is 3. The number of carbonyl (C=O) groups is 2. The lowest BCUT2D eigenvalue weighted by atomic mass is 9.78. The first-order valence-electron chi connectivity index (χ1n) is 8.72. The first-order chi connectivity index (χ1) is 12.4. The Kier molecular flexibility index (Phi) is 4.98. The van der Waals surface area contributed by atoms with Gasteiger partial charge in [-0.05, 0) is 29.2 Å². The van der Waals surface area contributed by atoms with Crippen molar-refractivity contribution in [2.24, 2.45) is 11.1 Å². The SMILES string of the molecule is CC1(C)CN(C(=O)c2cccc(OCC(N)=O)c2)C[C@H]1c1ccccc1. The third-order valence-electron chi connectivity index (χ3n) is 4.90. The van der Waals surface area contributed by atoms with Gasteiger partial charge in [0, 0.05) is 24.6 Å². The van der Waals surface area contributed by atoms with Gasteiger partial charge < -0.3 is 15.4 Å². The molecule has 5 nitrogen and oxygen atoms in total. The van der Waals surface area contributed by atoms with Gasteiger partial charge in [0.15, 0.2) is 6.61 Å². The molecule has 0 unspecified atom stereocenters. The normalized spacial score (nSPS) is 18.5. The summed E-state index contributed by atoms with van der Waals surface area (Å²) in [5, 5.41) is 0. The molecular formula is C21H24N2O3. The molecule has 1 atom stereocenters. The maximum atomic E-state index is 13.0. The molecule has 1 heterocycles. The van der Waals surface area contributed by atoms with Gasteiger partial charge >= 0.3 is 0 Å². The van der Waals surface area contributed by atoms with Gasteiger partial charge in [-0.25, -0.2) is 0 Å². The van der Waals surface area contributed by atoms with Crippen molar-refractivity contribution >= 4 is 11.8 Å². The third kappa shape index (κ3) is 3.87. The van der Waals surface area contributed by atoms with E-state index in [0.29, 0.717) is 30.3 Å². The van der Waals surface area contributed by atoms with E-state index in [4.69, 9.17) is 10.5 Å². The smallest absolute Gasteiger partial charge is 0.255 e. The van der Waals surface area contributed by atoms with Crippen molar-refractivity contribution in [3.05, 3.63) is 65.7 Å². The minimum Gasteiger partial charge on any atom is -0.484 e. The molecule has 0 spiro atoms. The van der Waals surface area contributed by atoms with Crippen molar-refractivity contribution < 1.29 is 14.3 Å². The Bertz CT molecular complexity index is 802. The summed E-state index contributed by atoms with van der Waals surface area (Å²) in [7, 11) is 0. The van der Waals surface area contributed by atoms with Crippen molar-refractivity contribution in [3.63, 3.8) is 0 Å². The van der Waals surface area contributed by atoms with Gasteiger partial charge in [-0.15, -0.1) is 0 Å². The number of nitrogens with two attached hydrogens (primary N) is 1. The highest BCUT2D eigenvalue weighted by Crippen LogP contribution is 2.42. The van der Waals surface area contributed by atoms with Crippen LogP contribution < -0.4 is 10.5 Å². The van der Waals surface area contributed by atoms with Crippen LogP contribution in [-0.2, 0) is 4.79 Å². The predicted molar refractivity (Wildman–Crippen MR) is 100.0 cm³/mol. The molecule has 136 valence electrons. The first kappa shape index (κ1) is 18.0. The van der Waals surface area contributed by atoms with Gasteiger partial charge in [0.2, 0.25) is 0 Å². The average Bonchev–Trinajstić information content (AvgIpc) is 2.95. The molecule has 3 rings (SSSR count). The monoisotopic (exact) mass is 352 g/mol. The highest BCUT2D eigenvalue weighted by molar-refractivity contribution is 5.95. The molecule has 1 fully saturated rings. The zero-order valence-corrected chi connectivity index (χ0v) is 15.1. The molecule has 0 radical (unpaired) electrons. The topological polar surface area (TPSA) is 72.6 Å². The Morgan fingerprint density at radius 1 is 1.15 bits per heavy atom. The number of primary amides is 1. The fourth-order valence-corrected chi connectivity index (χ4v) is 3.59. The van der Waals surface area contributed by atoms with Gasteiger partial charge in [0.1, 0.15) is 5.75 Å². The number of hydrogen-bond donors (Lipinski definition) is 1. The minimum atomic E-state index is -0.547. The van der Waals surface area contributed by atoms with Gasteiger partial charge in [0.05, 0.1) is 0 Å². The summed E-state index contributed by atoms with van der Waals surface area (Å²) < 4.78 is 5.31. The number of likely N-dealkylation sites (tertiary alicyclic amines) is 1. The lowest BCUT2D eigenvalue weighted by Crippen LogP contribution is -2.30. The van der Waals surface area contributed by atoms with Gasteiger partial charge in [-0.3, -0.25) is 9.59 Å². The van der Waals surface area contributed by atoms with E-state index < -0.39 is 5.91 Å². The van der Waals surface area contributed by atoms with E-state index in [9.17, 15) is 9.59 Å². The number of carbonyl (C=O) groups excluding carboxylic acids is 2. The third-order valence-corrected chi connectivity index (χ3v) is 4.90. The molecule has 2 aromatic rings. The van der Waals surface area contributed by atoms with E-state index in [2.05, 4.69) is 26.0 Å². The number of nitrogens with zero attached hydrogens (tertiary/aromatic N) is 1. The van der Waals surface area contributed by atoms with Gasteiger partial charge in [0.25, 0.3) is 11.8 Å². The highest BCUT2D eigenvalue weighted by atomic mass is 16.5.